The van der Waals surface area contributed by atoms with Gasteiger partial charge in [0.2, 0.25) is 0 Å². The molecule has 1 fully saturated rings. The predicted molar refractivity (Wildman–Crippen MR) is 151 cm³/mol. The molecule has 0 N–H and O–H groups in total. The predicted octanol–water partition coefficient (Wildman–Crippen LogP) is 4.83. The standard InChI is InChI=1S/C22H26Cl4N2O2.2C3H7O.Ti/c1-27(11-13-7-15(23)9-17(25)21(13)29)19-5-3-4-6-20(19)28(2)12-14-8-16(24)10-18(26)22(14)30;2*1-3(2)4;/h7-10,19-20,29-30H,3-6,11-12H2,1-2H3;2*3H,1-2H3;/q;2*-1;+4/p-2/t19-,20-;;;/m1.../s1. The SMILES string of the molecule is CC(C)[O-].CC(C)[O-].CN(Cc1cc(Cl)cc(Cl)c1[O-])[C@@H]1CCCC[C@H]1N(C)Cc1cc(Cl)cc(Cl)c1[O-].[Ti+4]. The molecule has 0 aromatic heterocycles. The van der Waals surface area contributed by atoms with Gasteiger partial charge in [-0.25, -0.2) is 0 Å². The molecule has 2 aromatic carbocycles. The van der Waals surface area contributed by atoms with Crippen LogP contribution in [0.25, 0.3) is 0 Å². The Morgan fingerprint density at radius 2 is 0.974 bits per heavy atom. The number of hydrogen-bond acceptors (Lipinski definition) is 6. The fourth-order valence-corrected chi connectivity index (χ4v) is 5.43. The molecule has 0 aliphatic heterocycles. The molecule has 0 bridgehead atoms. The average molecular weight is 656 g/mol. The first kappa shape index (κ1) is 38.8. The molecular formula is C28H38Cl4N2O4Ti. The van der Waals surface area contributed by atoms with Crippen molar-refractivity contribution < 1.29 is 42.1 Å². The Morgan fingerprint density at radius 3 is 1.26 bits per heavy atom. The molecule has 0 saturated heterocycles. The Morgan fingerprint density at radius 1 is 0.692 bits per heavy atom. The van der Waals surface area contributed by atoms with E-state index in [2.05, 4.69) is 9.80 Å². The maximum absolute atomic E-state index is 12.4. The van der Waals surface area contributed by atoms with Crippen LogP contribution in [0.2, 0.25) is 20.1 Å². The minimum absolute atomic E-state index is 0. The van der Waals surface area contributed by atoms with Gasteiger partial charge in [0.05, 0.1) is 0 Å². The monoisotopic (exact) mass is 654 g/mol. The largest absolute Gasteiger partial charge is 4.00 e. The topological polar surface area (TPSA) is 98.7 Å². The van der Waals surface area contributed by atoms with E-state index in [9.17, 15) is 20.4 Å². The summed E-state index contributed by atoms with van der Waals surface area (Å²) in [5.74, 6) is -0.364. The Labute approximate surface area is 268 Å². The zero-order valence-electron chi connectivity index (χ0n) is 23.4. The molecule has 1 saturated carbocycles. The molecule has 0 amide bonds. The second-order valence-corrected chi connectivity index (χ2v) is 11.8. The molecule has 2 atom stereocenters. The first-order chi connectivity index (χ1) is 17.6. The van der Waals surface area contributed by atoms with Crippen LogP contribution in [0.5, 0.6) is 11.5 Å². The van der Waals surface area contributed by atoms with Gasteiger partial charge in [0.1, 0.15) is 0 Å². The summed E-state index contributed by atoms with van der Waals surface area (Å²) >= 11 is 24.2. The van der Waals surface area contributed by atoms with Gasteiger partial charge in [-0.2, -0.15) is 0 Å². The van der Waals surface area contributed by atoms with E-state index in [1.807, 2.05) is 14.1 Å². The van der Waals surface area contributed by atoms with Crippen LogP contribution in [0.1, 0.15) is 64.5 Å². The number of likely N-dealkylation sites (N-methyl/N-ethyl adjacent to an activating group) is 2. The summed E-state index contributed by atoms with van der Waals surface area (Å²) in [6.45, 7) is 7.37. The van der Waals surface area contributed by atoms with Gasteiger partial charge in [-0.3, -0.25) is 9.80 Å². The normalized spacial score (nSPS) is 16.9. The van der Waals surface area contributed by atoms with Crippen LogP contribution in [0.15, 0.2) is 24.3 Å². The van der Waals surface area contributed by atoms with Crippen LogP contribution in [-0.4, -0.2) is 48.2 Å². The molecule has 6 nitrogen and oxygen atoms in total. The summed E-state index contributed by atoms with van der Waals surface area (Å²) in [6.07, 6.45) is 3.43. The van der Waals surface area contributed by atoms with Gasteiger partial charge in [-0.15, -0.1) is 12.2 Å². The average Bonchev–Trinajstić information content (AvgIpc) is 2.79. The van der Waals surface area contributed by atoms with Gasteiger partial charge in [-0.1, -0.05) is 98.4 Å². The zero-order valence-corrected chi connectivity index (χ0v) is 28.0. The summed E-state index contributed by atoms with van der Waals surface area (Å²) in [5.41, 5.74) is 1.18. The molecule has 3 rings (SSSR count). The van der Waals surface area contributed by atoms with Crippen molar-refractivity contribution in [2.24, 2.45) is 0 Å². The van der Waals surface area contributed by atoms with Crippen LogP contribution in [0, 0.1) is 0 Å². The van der Waals surface area contributed by atoms with E-state index in [4.69, 9.17) is 46.4 Å². The second kappa shape index (κ2) is 19.0. The number of rotatable bonds is 6. The Bertz CT molecular complexity index is 929. The molecule has 1 aliphatic rings. The smallest absolute Gasteiger partial charge is 0.871 e. The van der Waals surface area contributed by atoms with Crippen molar-refractivity contribution in [3.63, 3.8) is 0 Å². The van der Waals surface area contributed by atoms with E-state index >= 15 is 0 Å². The number of nitrogens with zero attached hydrogens (tertiary/aromatic N) is 2. The molecule has 1 aliphatic carbocycles. The van der Waals surface area contributed by atoms with Crippen molar-refractivity contribution >= 4 is 46.4 Å². The third-order valence-electron chi connectivity index (χ3n) is 5.84. The van der Waals surface area contributed by atoms with Gasteiger partial charge in [0, 0.05) is 45.3 Å². The minimum Gasteiger partial charge on any atom is -0.871 e. The minimum atomic E-state index is -0.417. The van der Waals surface area contributed by atoms with Crippen LogP contribution in [-0.2, 0) is 34.8 Å². The van der Waals surface area contributed by atoms with E-state index in [0.717, 1.165) is 25.7 Å². The van der Waals surface area contributed by atoms with Crippen molar-refractivity contribution in [1.82, 2.24) is 9.80 Å². The van der Waals surface area contributed by atoms with Crippen molar-refractivity contribution in [2.75, 3.05) is 14.1 Å². The van der Waals surface area contributed by atoms with Gasteiger partial charge in [0.25, 0.3) is 0 Å². The van der Waals surface area contributed by atoms with Crippen LogP contribution in [0.4, 0.5) is 0 Å². The Kier molecular flexibility index (Phi) is 18.9. The number of hydrogen-bond donors (Lipinski definition) is 0. The summed E-state index contributed by atoms with van der Waals surface area (Å²) < 4.78 is 0. The van der Waals surface area contributed by atoms with E-state index in [-0.39, 0.29) is 55.3 Å². The van der Waals surface area contributed by atoms with E-state index in [1.165, 1.54) is 12.1 Å². The van der Waals surface area contributed by atoms with Crippen molar-refractivity contribution in [3.05, 3.63) is 55.5 Å². The fourth-order valence-electron chi connectivity index (χ4n) is 4.35. The molecule has 2 aromatic rings. The van der Waals surface area contributed by atoms with E-state index < -0.39 is 12.2 Å². The maximum atomic E-state index is 12.4. The molecule has 39 heavy (non-hydrogen) atoms. The van der Waals surface area contributed by atoms with Gasteiger partial charge in [0.15, 0.2) is 0 Å². The molecule has 0 spiro atoms. The number of halogens is 4. The maximum Gasteiger partial charge on any atom is 4.00 e. The van der Waals surface area contributed by atoms with Crippen molar-refractivity contribution in [2.45, 2.75) is 90.8 Å². The summed E-state index contributed by atoms with van der Waals surface area (Å²) in [7, 11) is 4.03. The van der Waals surface area contributed by atoms with Crippen LogP contribution >= 0.6 is 46.4 Å². The Balaban J connectivity index is 0.00000142. The van der Waals surface area contributed by atoms with Crippen molar-refractivity contribution in [3.8, 4) is 11.5 Å². The fraction of sp³-hybridized carbons (Fsp3) is 0.571. The molecule has 0 unspecified atom stereocenters. The molecule has 0 radical (unpaired) electrons. The quantitative estimate of drug-likeness (QED) is 0.414. The molecule has 0 heterocycles. The van der Waals surface area contributed by atoms with E-state index in [1.54, 1.807) is 39.8 Å². The van der Waals surface area contributed by atoms with Crippen LogP contribution < -0.4 is 20.4 Å². The van der Waals surface area contributed by atoms with Crippen molar-refractivity contribution in [1.29, 1.82) is 0 Å². The summed E-state index contributed by atoms with van der Waals surface area (Å²) in [5, 5.41) is 45.1. The third-order valence-corrected chi connectivity index (χ3v) is 6.83. The molecule has 216 valence electrons. The first-order valence-electron chi connectivity index (χ1n) is 12.7. The van der Waals surface area contributed by atoms with E-state index in [0.29, 0.717) is 34.3 Å². The summed E-state index contributed by atoms with van der Waals surface area (Å²) in [6, 6.07) is 6.78. The zero-order chi connectivity index (χ0) is 29.2. The van der Waals surface area contributed by atoms with Gasteiger partial charge < -0.3 is 20.4 Å². The first-order valence-corrected chi connectivity index (χ1v) is 14.2. The Hall–Kier alpha value is -0.246. The van der Waals surface area contributed by atoms with Crippen LogP contribution in [0.3, 0.4) is 0 Å². The molecular weight excluding hydrogens is 618 g/mol. The number of benzene rings is 2. The second-order valence-electron chi connectivity index (χ2n) is 10.1. The van der Waals surface area contributed by atoms with Gasteiger partial charge >= 0.3 is 21.7 Å². The third kappa shape index (κ3) is 14.0. The summed E-state index contributed by atoms with van der Waals surface area (Å²) in [4.78, 5) is 4.37. The van der Waals surface area contributed by atoms with Gasteiger partial charge in [-0.05, 0) is 62.3 Å². The molecule has 11 heteroatoms.